The van der Waals surface area contributed by atoms with Gasteiger partial charge in [0.05, 0.1) is 0 Å². The highest BCUT2D eigenvalue weighted by Gasteiger charge is 2.03. The average molecular weight is 298 g/mol. The molecule has 70 valence electrons. The first-order valence-electron chi connectivity index (χ1n) is 4.28. The van der Waals surface area contributed by atoms with Crippen LogP contribution in [0, 0.1) is 9.39 Å². The average Bonchev–Trinajstić information content (AvgIpc) is 2.23. The summed E-state index contributed by atoms with van der Waals surface area (Å²) >= 11 is 2.21. The first-order valence-corrected chi connectivity index (χ1v) is 5.36. The highest BCUT2D eigenvalue weighted by Crippen LogP contribution is 2.25. The molecule has 0 spiro atoms. The number of hydrogen-bond donors (Lipinski definition) is 0. The predicted octanol–water partition coefficient (Wildman–Crippen LogP) is 4.10. The molecule has 0 radical (unpaired) electrons. The lowest BCUT2D eigenvalue weighted by molar-refractivity contribution is 0.628. The largest absolute Gasteiger partial charge is 0.207 e. The molecule has 0 atom stereocenters. The van der Waals surface area contributed by atoms with Crippen molar-refractivity contribution >= 4 is 22.6 Å². The molecule has 0 bridgehead atoms. The summed E-state index contributed by atoms with van der Waals surface area (Å²) in [5.41, 5.74) is 2.00. The van der Waals surface area contributed by atoms with Crippen LogP contribution in [0.2, 0.25) is 0 Å². The second kappa shape index (κ2) is 4.09. The minimum absolute atomic E-state index is 0.190. The van der Waals surface area contributed by atoms with Crippen LogP contribution in [0.3, 0.4) is 0 Å². The number of halogens is 2. The van der Waals surface area contributed by atoms with E-state index < -0.39 is 0 Å². The number of hydrogen-bond acceptors (Lipinski definition) is 0. The maximum Gasteiger partial charge on any atom is 0.123 e. The van der Waals surface area contributed by atoms with Crippen molar-refractivity contribution in [2.24, 2.45) is 0 Å². The van der Waals surface area contributed by atoms with Gasteiger partial charge in [0.2, 0.25) is 0 Å². The first-order chi connectivity index (χ1) is 6.77. The van der Waals surface area contributed by atoms with Gasteiger partial charge < -0.3 is 0 Å². The summed E-state index contributed by atoms with van der Waals surface area (Å²) in [5.74, 6) is -0.190. The molecule has 14 heavy (non-hydrogen) atoms. The Morgan fingerprint density at radius 3 is 2.36 bits per heavy atom. The van der Waals surface area contributed by atoms with E-state index in [0.29, 0.717) is 0 Å². The Morgan fingerprint density at radius 1 is 0.929 bits per heavy atom. The lowest BCUT2D eigenvalue weighted by atomic mass is 10.1. The van der Waals surface area contributed by atoms with E-state index in [1.54, 1.807) is 12.1 Å². The topological polar surface area (TPSA) is 0 Å². The lowest BCUT2D eigenvalue weighted by Crippen LogP contribution is -1.84. The highest BCUT2D eigenvalue weighted by atomic mass is 127. The molecule has 0 unspecified atom stereocenters. The zero-order chi connectivity index (χ0) is 9.97. The van der Waals surface area contributed by atoms with E-state index in [-0.39, 0.29) is 5.82 Å². The van der Waals surface area contributed by atoms with E-state index in [1.165, 1.54) is 6.07 Å². The van der Waals surface area contributed by atoms with E-state index in [2.05, 4.69) is 22.6 Å². The van der Waals surface area contributed by atoms with Gasteiger partial charge in [0, 0.05) is 3.57 Å². The Bertz CT molecular complexity index is 437. The van der Waals surface area contributed by atoms with E-state index in [0.717, 1.165) is 14.7 Å². The van der Waals surface area contributed by atoms with Gasteiger partial charge in [-0.25, -0.2) is 4.39 Å². The summed E-state index contributed by atoms with van der Waals surface area (Å²) in [6.07, 6.45) is 0. The Hall–Kier alpha value is -0.900. The van der Waals surface area contributed by atoms with Gasteiger partial charge in [0.25, 0.3) is 0 Å². The summed E-state index contributed by atoms with van der Waals surface area (Å²) in [6.45, 7) is 0. The lowest BCUT2D eigenvalue weighted by Gasteiger charge is -2.04. The quantitative estimate of drug-likeness (QED) is 0.695. The molecule has 2 aromatic carbocycles. The molecule has 2 aromatic rings. The van der Waals surface area contributed by atoms with Crippen LogP contribution >= 0.6 is 22.6 Å². The van der Waals surface area contributed by atoms with Crippen LogP contribution in [-0.4, -0.2) is 0 Å². The first kappa shape index (κ1) is 9.65. The normalized spacial score (nSPS) is 10.1. The van der Waals surface area contributed by atoms with E-state index >= 15 is 0 Å². The van der Waals surface area contributed by atoms with E-state index in [1.807, 2.05) is 30.3 Å². The van der Waals surface area contributed by atoms with Crippen molar-refractivity contribution in [3.63, 3.8) is 0 Å². The molecular weight excluding hydrogens is 290 g/mol. The predicted molar refractivity (Wildman–Crippen MR) is 64.6 cm³/mol. The zero-order valence-corrected chi connectivity index (χ0v) is 9.53. The summed E-state index contributed by atoms with van der Waals surface area (Å²) in [4.78, 5) is 0. The van der Waals surface area contributed by atoms with Gasteiger partial charge >= 0.3 is 0 Å². The third-order valence-electron chi connectivity index (χ3n) is 2.01. The van der Waals surface area contributed by atoms with Crippen LogP contribution in [0.15, 0.2) is 48.5 Å². The van der Waals surface area contributed by atoms with Gasteiger partial charge in [-0.1, -0.05) is 30.3 Å². The molecule has 0 aliphatic carbocycles. The van der Waals surface area contributed by atoms with Crippen molar-refractivity contribution in [2.75, 3.05) is 0 Å². The molecule has 0 aliphatic rings. The summed E-state index contributed by atoms with van der Waals surface area (Å²) < 4.78 is 14.1. The molecule has 0 heterocycles. The fraction of sp³-hybridized carbons (Fsp3) is 0. The van der Waals surface area contributed by atoms with Gasteiger partial charge in [0.1, 0.15) is 5.82 Å². The summed E-state index contributed by atoms with van der Waals surface area (Å²) in [7, 11) is 0. The second-order valence-corrected chi connectivity index (χ2v) is 4.15. The van der Waals surface area contributed by atoms with Crippen LogP contribution in [0.25, 0.3) is 11.1 Å². The van der Waals surface area contributed by atoms with E-state index in [4.69, 9.17) is 0 Å². The minimum Gasteiger partial charge on any atom is -0.207 e. The Kier molecular flexibility index (Phi) is 2.82. The maximum atomic E-state index is 13.0. The fourth-order valence-electron chi connectivity index (χ4n) is 1.34. The highest BCUT2D eigenvalue weighted by molar-refractivity contribution is 14.1. The standard InChI is InChI=1S/C12H8FI/c13-10-6-7-12(14)11(8-10)9-4-2-1-3-5-9/h1-8H. The zero-order valence-electron chi connectivity index (χ0n) is 7.37. The summed E-state index contributed by atoms with van der Waals surface area (Å²) in [6, 6.07) is 14.7. The molecule has 2 rings (SSSR count). The molecule has 0 fully saturated rings. The molecule has 0 saturated heterocycles. The van der Waals surface area contributed by atoms with Gasteiger partial charge in [-0.3, -0.25) is 0 Å². The minimum atomic E-state index is -0.190. The molecule has 0 N–H and O–H groups in total. The monoisotopic (exact) mass is 298 g/mol. The number of rotatable bonds is 1. The molecular formula is C12H8FI. The van der Waals surface area contributed by atoms with Crippen LogP contribution in [0.1, 0.15) is 0 Å². The molecule has 2 heteroatoms. The summed E-state index contributed by atoms with van der Waals surface area (Å²) in [5, 5.41) is 0. The van der Waals surface area contributed by atoms with Crippen molar-refractivity contribution in [3.8, 4) is 11.1 Å². The molecule has 0 nitrogen and oxygen atoms in total. The number of benzene rings is 2. The van der Waals surface area contributed by atoms with Crippen molar-refractivity contribution in [1.82, 2.24) is 0 Å². The van der Waals surface area contributed by atoms with Crippen LogP contribution in [-0.2, 0) is 0 Å². The van der Waals surface area contributed by atoms with E-state index in [9.17, 15) is 4.39 Å². The van der Waals surface area contributed by atoms with Gasteiger partial charge in [-0.05, 0) is 51.9 Å². The Balaban J connectivity index is 2.57. The fourth-order valence-corrected chi connectivity index (χ4v) is 1.98. The van der Waals surface area contributed by atoms with Crippen LogP contribution in [0.4, 0.5) is 4.39 Å². The van der Waals surface area contributed by atoms with Gasteiger partial charge in [-0.2, -0.15) is 0 Å². The SMILES string of the molecule is Fc1ccc(I)c(-c2ccccc2)c1. The van der Waals surface area contributed by atoms with Gasteiger partial charge in [0.15, 0.2) is 0 Å². The maximum absolute atomic E-state index is 13.0. The Labute approximate surface area is 95.9 Å². The Morgan fingerprint density at radius 2 is 1.64 bits per heavy atom. The third-order valence-corrected chi connectivity index (χ3v) is 2.95. The smallest absolute Gasteiger partial charge is 0.123 e. The molecule has 0 aliphatic heterocycles. The molecule has 0 aromatic heterocycles. The van der Waals surface area contributed by atoms with Crippen LogP contribution < -0.4 is 0 Å². The van der Waals surface area contributed by atoms with Crippen molar-refractivity contribution in [1.29, 1.82) is 0 Å². The van der Waals surface area contributed by atoms with Crippen molar-refractivity contribution < 1.29 is 4.39 Å². The second-order valence-electron chi connectivity index (χ2n) is 2.99. The van der Waals surface area contributed by atoms with Crippen molar-refractivity contribution in [3.05, 3.63) is 57.9 Å². The molecule has 0 amide bonds. The van der Waals surface area contributed by atoms with Crippen molar-refractivity contribution in [2.45, 2.75) is 0 Å². The van der Waals surface area contributed by atoms with Crippen LogP contribution in [0.5, 0.6) is 0 Å². The van der Waals surface area contributed by atoms with Gasteiger partial charge in [-0.15, -0.1) is 0 Å². The molecule has 0 saturated carbocycles. The third kappa shape index (κ3) is 1.95.